The van der Waals surface area contributed by atoms with E-state index in [9.17, 15) is 9.59 Å². The predicted octanol–water partition coefficient (Wildman–Crippen LogP) is 0.0131. The molecule has 1 unspecified atom stereocenters. The van der Waals surface area contributed by atoms with Crippen molar-refractivity contribution in [3.63, 3.8) is 0 Å². The second kappa shape index (κ2) is 3.96. The number of amides is 1. The van der Waals surface area contributed by atoms with Gasteiger partial charge in [0.1, 0.15) is 11.7 Å². The van der Waals surface area contributed by atoms with E-state index in [0.29, 0.717) is 5.69 Å². The molecule has 1 aliphatic carbocycles. The highest BCUT2D eigenvalue weighted by atomic mass is 16.4. The molecule has 2 N–H and O–H groups in total. The number of hydrogen-bond acceptors (Lipinski definition) is 3. The van der Waals surface area contributed by atoms with Gasteiger partial charge in [0, 0.05) is 13.2 Å². The molecule has 0 spiro atoms. The zero-order valence-corrected chi connectivity index (χ0v) is 8.88. The molecule has 1 aliphatic rings. The number of hydrogen-bond donors (Lipinski definition) is 2. The number of nitrogens with zero attached hydrogens (tertiary/aromatic N) is 2. The number of aromatic nitrogens is 2. The lowest BCUT2D eigenvalue weighted by Crippen LogP contribution is -2.42. The third kappa shape index (κ3) is 2.05. The first-order chi connectivity index (χ1) is 7.59. The van der Waals surface area contributed by atoms with Crippen molar-refractivity contribution in [3.05, 3.63) is 18.0 Å². The van der Waals surface area contributed by atoms with E-state index in [0.717, 1.165) is 12.8 Å². The summed E-state index contributed by atoms with van der Waals surface area (Å²) in [6, 6.07) is 0.781. The third-order valence-corrected chi connectivity index (χ3v) is 2.70. The Labute approximate surface area is 92.3 Å². The van der Waals surface area contributed by atoms with Crippen LogP contribution in [0.2, 0.25) is 0 Å². The lowest BCUT2D eigenvalue weighted by Gasteiger charge is -2.13. The monoisotopic (exact) mass is 223 g/mol. The second-order valence-electron chi connectivity index (χ2n) is 3.97. The van der Waals surface area contributed by atoms with Crippen LogP contribution in [0.25, 0.3) is 0 Å². The van der Waals surface area contributed by atoms with Gasteiger partial charge in [-0.2, -0.15) is 5.10 Å². The summed E-state index contributed by atoms with van der Waals surface area (Å²) in [6.45, 7) is 0. The fourth-order valence-electron chi connectivity index (χ4n) is 1.62. The highest BCUT2D eigenvalue weighted by Crippen LogP contribution is 2.32. The Morgan fingerprint density at radius 1 is 1.62 bits per heavy atom. The Hall–Kier alpha value is -1.85. The summed E-state index contributed by atoms with van der Waals surface area (Å²) in [7, 11) is 1.64. The van der Waals surface area contributed by atoms with E-state index in [-0.39, 0.29) is 11.8 Å². The molecule has 0 aromatic carbocycles. The summed E-state index contributed by atoms with van der Waals surface area (Å²) in [5, 5.41) is 15.3. The van der Waals surface area contributed by atoms with Gasteiger partial charge < -0.3 is 10.4 Å². The third-order valence-electron chi connectivity index (χ3n) is 2.70. The quantitative estimate of drug-likeness (QED) is 0.753. The molecular formula is C10H13N3O3. The number of carbonyl (C=O) groups excluding carboxylic acids is 1. The van der Waals surface area contributed by atoms with Crippen LogP contribution in [0.3, 0.4) is 0 Å². The molecule has 1 aromatic rings. The molecule has 0 aliphatic heterocycles. The molecule has 1 heterocycles. The van der Waals surface area contributed by atoms with Crippen LogP contribution in [-0.2, 0) is 11.8 Å². The standard InChI is InChI=1S/C10H13N3O3/c1-13-7(4-5-11-13)9(14)12-8(10(15)16)6-2-3-6/h4-6,8H,2-3H2,1H3,(H,12,14)(H,15,16). The number of rotatable bonds is 4. The van der Waals surface area contributed by atoms with Crippen LogP contribution in [0.15, 0.2) is 12.3 Å². The second-order valence-corrected chi connectivity index (χ2v) is 3.97. The van der Waals surface area contributed by atoms with E-state index in [1.807, 2.05) is 0 Å². The first kappa shape index (κ1) is 10.7. The van der Waals surface area contributed by atoms with Crippen molar-refractivity contribution in [2.45, 2.75) is 18.9 Å². The zero-order chi connectivity index (χ0) is 11.7. The van der Waals surface area contributed by atoms with Crippen molar-refractivity contribution >= 4 is 11.9 Å². The van der Waals surface area contributed by atoms with E-state index < -0.39 is 12.0 Å². The predicted molar refractivity (Wildman–Crippen MR) is 54.8 cm³/mol. The van der Waals surface area contributed by atoms with Crippen LogP contribution < -0.4 is 5.32 Å². The van der Waals surface area contributed by atoms with Crippen LogP contribution in [0, 0.1) is 5.92 Å². The summed E-state index contributed by atoms with van der Waals surface area (Å²) in [4.78, 5) is 22.7. The molecule has 6 nitrogen and oxygen atoms in total. The number of carboxylic acids is 1. The molecule has 16 heavy (non-hydrogen) atoms. The maximum atomic E-state index is 11.7. The van der Waals surface area contributed by atoms with Crippen molar-refractivity contribution < 1.29 is 14.7 Å². The molecule has 0 saturated heterocycles. The number of carbonyl (C=O) groups is 2. The molecule has 1 aromatic heterocycles. The molecule has 0 radical (unpaired) electrons. The topological polar surface area (TPSA) is 84.2 Å². The molecule has 86 valence electrons. The van der Waals surface area contributed by atoms with E-state index in [4.69, 9.17) is 5.11 Å². The number of aliphatic carboxylic acids is 1. The van der Waals surface area contributed by atoms with Crippen LogP contribution in [0.4, 0.5) is 0 Å². The van der Waals surface area contributed by atoms with Crippen LogP contribution >= 0.6 is 0 Å². The Balaban J connectivity index is 2.06. The average Bonchev–Trinajstić information content (AvgIpc) is 2.96. The molecule has 1 atom stereocenters. The molecule has 6 heteroatoms. The minimum absolute atomic E-state index is 0.0784. The average molecular weight is 223 g/mol. The summed E-state index contributed by atoms with van der Waals surface area (Å²) < 4.78 is 1.42. The number of carboxylic acid groups (broad SMARTS) is 1. The summed E-state index contributed by atoms with van der Waals surface area (Å²) in [6.07, 6.45) is 3.23. The highest BCUT2D eigenvalue weighted by Gasteiger charge is 2.37. The summed E-state index contributed by atoms with van der Waals surface area (Å²) >= 11 is 0. The molecule has 1 fully saturated rings. The Bertz CT molecular complexity index is 423. The van der Waals surface area contributed by atoms with Crippen LogP contribution in [0.5, 0.6) is 0 Å². The fourth-order valence-corrected chi connectivity index (χ4v) is 1.62. The Kier molecular flexibility index (Phi) is 2.64. The lowest BCUT2D eigenvalue weighted by molar-refractivity contribution is -0.139. The van der Waals surface area contributed by atoms with Gasteiger partial charge in [0.05, 0.1) is 0 Å². The van der Waals surface area contributed by atoms with Gasteiger partial charge in [0.15, 0.2) is 0 Å². The van der Waals surface area contributed by atoms with Crippen molar-refractivity contribution in [1.82, 2.24) is 15.1 Å². The van der Waals surface area contributed by atoms with E-state index >= 15 is 0 Å². The van der Waals surface area contributed by atoms with Crippen LogP contribution in [0.1, 0.15) is 23.3 Å². The van der Waals surface area contributed by atoms with Crippen molar-refractivity contribution in [2.75, 3.05) is 0 Å². The molecule has 0 bridgehead atoms. The van der Waals surface area contributed by atoms with Crippen molar-refractivity contribution in [3.8, 4) is 0 Å². The Morgan fingerprint density at radius 2 is 2.31 bits per heavy atom. The zero-order valence-electron chi connectivity index (χ0n) is 8.88. The molecule has 1 amide bonds. The lowest BCUT2D eigenvalue weighted by atomic mass is 10.2. The van der Waals surface area contributed by atoms with Crippen molar-refractivity contribution in [1.29, 1.82) is 0 Å². The smallest absolute Gasteiger partial charge is 0.326 e. The van der Waals surface area contributed by atoms with Gasteiger partial charge in [-0.15, -0.1) is 0 Å². The molecule has 1 saturated carbocycles. The minimum atomic E-state index is -0.974. The summed E-state index contributed by atoms with van der Waals surface area (Å²) in [5.41, 5.74) is 0.367. The minimum Gasteiger partial charge on any atom is -0.480 e. The number of aryl methyl sites for hydroxylation is 1. The molecular weight excluding hydrogens is 210 g/mol. The van der Waals surface area contributed by atoms with Gasteiger partial charge >= 0.3 is 5.97 Å². The maximum absolute atomic E-state index is 11.7. The van der Waals surface area contributed by atoms with Gasteiger partial charge in [-0.25, -0.2) is 4.79 Å². The Morgan fingerprint density at radius 3 is 2.75 bits per heavy atom. The van der Waals surface area contributed by atoms with E-state index in [2.05, 4.69) is 10.4 Å². The van der Waals surface area contributed by atoms with Gasteiger partial charge in [-0.1, -0.05) is 0 Å². The van der Waals surface area contributed by atoms with Gasteiger partial charge in [0.25, 0.3) is 5.91 Å². The van der Waals surface area contributed by atoms with Gasteiger partial charge in [-0.05, 0) is 24.8 Å². The first-order valence-corrected chi connectivity index (χ1v) is 5.11. The maximum Gasteiger partial charge on any atom is 0.326 e. The number of nitrogens with one attached hydrogen (secondary N) is 1. The van der Waals surface area contributed by atoms with Gasteiger partial charge in [0.2, 0.25) is 0 Å². The van der Waals surface area contributed by atoms with Crippen molar-refractivity contribution in [2.24, 2.45) is 13.0 Å². The van der Waals surface area contributed by atoms with Crippen LogP contribution in [-0.4, -0.2) is 32.8 Å². The highest BCUT2D eigenvalue weighted by molar-refractivity contribution is 5.95. The van der Waals surface area contributed by atoms with E-state index in [1.54, 1.807) is 13.1 Å². The SMILES string of the molecule is Cn1nccc1C(=O)NC(C(=O)O)C1CC1. The summed E-state index contributed by atoms with van der Waals surface area (Å²) in [5.74, 6) is -1.29. The fraction of sp³-hybridized carbons (Fsp3) is 0.500. The van der Waals surface area contributed by atoms with Gasteiger partial charge in [-0.3, -0.25) is 9.48 Å². The molecule has 2 rings (SSSR count). The largest absolute Gasteiger partial charge is 0.480 e. The first-order valence-electron chi connectivity index (χ1n) is 5.11. The van der Waals surface area contributed by atoms with E-state index in [1.165, 1.54) is 10.9 Å². The normalized spacial score (nSPS) is 16.8.